The maximum Gasteiger partial charge on any atom is 0.270 e. The van der Waals surface area contributed by atoms with Gasteiger partial charge in [-0.2, -0.15) is 0 Å². The van der Waals surface area contributed by atoms with Crippen LogP contribution in [0.3, 0.4) is 0 Å². The summed E-state index contributed by atoms with van der Waals surface area (Å²) in [5.74, 6) is -0.0961. The topological polar surface area (TPSA) is 78.9 Å². The van der Waals surface area contributed by atoms with E-state index in [-0.39, 0.29) is 5.91 Å². The highest BCUT2D eigenvalue weighted by atomic mass is 32.1. The molecule has 3 rings (SSSR count). The summed E-state index contributed by atoms with van der Waals surface area (Å²) in [6, 6.07) is 4.53. The number of carbonyl (C=O) groups excluding carboxylic acids is 1. The zero-order valence-corrected chi connectivity index (χ0v) is 17.3. The van der Waals surface area contributed by atoms with E-state index in [1.165, 1.54) is 43.4 Å². The summed E-state index contributed by atoms with van der Waals surface area (Å²) < 4.78 is 0. The first kappa shape index (κ1) is 20.9. The standard InChI is InChI=1S/C21H31N5OS/c27-20(19-16-28-21(26-19)17-8-12-23-13-9-17)25-11-5-4-10-22-14-15-24-18-6-2-1-3-7-18/h8-9,12-13,16,18,22,24H,1-7,10-11,14-15H2,(H,25,27). The van der Waals surface area contributed by atoms with Gasteiger partial charge in [0.1, 0.15) is 10.7 Å². The number of hydrogen-bond donors (Lipinski definition) is 3. The third kappa shape index (κ3) is 6.96. The van der Waals surface area contributed by atoms with Crippen LogP contribution in [0.5, 0.6) is 0 Å². The predicted octanol–water partition coefficient (Wildman–Crippen LogP) is 3.23. The molecule has 6 nitrogen and oxygen atoms in total. The molecule has 7 heteroatoms. The third-order valence-corrected chi connectivity index (χ3v) is 5.96. The second kappa shape index (κ2) is 11.9. The smallest absolute Gasteiger partial charge is 0.270 e. The minimum absolute atomic E-state index is 0.0961. The molecular formula is C21H31N5OS. The van der Waals surface area contributed by atoms with Crippen LogP contribution in [0, 0.1) is 0 Å². The molecule has 2 heterocycles. The number of aromatic nitrogens is 2. The van der Waals surface area contributed by atoms with Crippen LogP contribution in [0.15, 0.2) is 29.9 Å². The summed E-state index contributed by atoms with van der Waals surface area (Å²) >= 11 is 1.48. The lowest BCUT2D eigenvalue weighted by Gasteiger charge is -2.22. The number of nitrogens with one attached hydrogen (secondary N) is 3. The normalized spacial score (nSPS) is 14.9. The Labute approximate surface area is 171 Å². The Balaban J connectivity index is 1.22. The average Bonchev–Trinajstić information content (AvgIpc) is 3.24. The number of nitrogens with zero attached hydrogens (tertiary/aromatic N) is 2. The van der Waals surface area contributed by atoms with E-state index in [2.05, 4.69) is 25.9 Å². The molecule has 0 radical (unpaired) electrons. The van der Waals surface area contributed by atoms with E-state index in [1.807, 2.05) is 17.5 Å². The molecular weight excluding hydrogens is 370 g/mol. The highest BCUT2D eigenvalue weighted by Gasteiger charge is 2.12. The lowest BCUT2D eigenvalue weighted by atomic mass is 9.95. The summed E-state index contributed by atoms with van der Waals surface area (Å²) in [6.07, 6.45) is 12.3. The van der Waals surface area contributed by atoms with Crippen LogP contribution < -0.4 is 16.0 Å². The fourth-order valence-electron chi connectivity index (χ4n) is 3.47. The molecule has 1 amide bonds. The van der Waals surface area contributed by atoms with Gasteiger partial charge < -0.3 is 16.0 Å². The molecule has 0 aliphatic heterocycles. The molecule has 28 heavy (non-hydrogen) atoms. The van der Waals surface area contributed by atoms with E-state index in [0.29, 0.717) is 12.2 Å². The monoisotopic (exact) mass is 401 g/mol. The molecule has 0 aromatic carbocycles. The van der Waals surface area contributed by atoms with Gasteiger partial charge in [0.2, 0.25) is 0 Å². The molecule has 2 aromatic heterocycles. The van der Waals surface area contributed by atoms with Crippen LogP contribution >= 0.6 is 11.3 Å². The molecule has 0 bridgehead atoms. The number of pyridine rings is 1. The van der Waals surface area contributed by atoms with Gasteiger partial charge in [-0.25, -0.2) is 4.98 Å². The molecule has 1 fully saturated rings. The van der Waals surface area contributed by atoms with Crippen molar-refractivity contribution in [2.24, 2.45) is 0 Å². The second-order valence-electron chi connectivity index (χ2n) is 7.28. The van der Waals surface area contributed by atoms with Crippen LogP contribution in [-0.2, 0) is 0 Å². The molecule has 2 aromatic rings. The van der Waals surface area contributed by atoms with Crippen LogP contribution in [0.25, 0.3) is 10.6 Å². The van der Waals surface area contributed by atoms with Crippen LogP contribution in [0.1, 0.15) is 55.4 Å². The Bertz CT molecular complexity index is 700. The summed E-state index contributed by atoms with van der Waals surface area (Å²) in [7, 11) is 0. The molecule has 0 saturated heterocycles. The minimum Gasteiger partial charge on any atom is -0.351 e. The quantitative estimate of drug-likeness (QED) is 0.504. The van der Waals surface area contributed by atoms with Crippen molar-refractivity contribution in [2.75, 3.05) is 26.2 Å². The van der Waals surface area contributed by atoms with E-state index in [4.69, 9.17) is 0 Å². The van der Waals surface area contributed by atoms with E-state index in [1.54, 1.807) is 12.4 Å². The maximum atomic E-state index is 12.2. The molecule has 3 N–H and O–H groups in total. The summed E-state index contributed by atoms with van der Waals surface area (Å²) in [5.41, 5.74) is 1.48. The SMILES string of the molecule is O=C(NCCCCNCCNC1CCCCC1)c1csc(-c2ccncc2)n1. The van der Waals surface area contributed by atoms with Crippen molar-refractivity contribution >= 4 is 17.2 Å². The molecule has 1 aliphatic rings. The zero-order valence-electron chi connectivity index (χ0n) is 16.5. The second-order valence-corrected chi connectivity index (χ2v) is 8.13. The molecule has 1 aliphatic carbocycles. The number of unbranched alkanes of at least 4 members (excludes halogenated alkanes) is 1. The first-order chi connectivity index (χ1) is 13.8. The number of thiazole rings is 1. The first-order valence-electron chi connectivity index (χ1n) is 10.4. The lowest BCUT2D eigenvalue weighted by Crippen LogP contribution is -2.36. The Morgan fingerprint density at radius 1 is 1.04 bits per heavy atom. The molecule has 1 saturated carbocycles. The third-order valence-electron chi connectivity index (χ3n) is 5.07. The van der Waals surface area contributed by atoms with E-state index < -0.39 is 0 Å². The fourth-order valence-corrected chi connectivity index (χ4v) is 4.28. The van der Waals surface area contributed by atoms with Crippen molar-refractivity contribution in [3.05, 3.63) is 35.6 Å². The summed E-state index contributed by atoms with van der Waals surface area (Å²) in [5, 5.41) is 12.7. The number of rotatable bonds is 11. The van der Waals surface area contributed by atoms with Crippen molar-refractivity contribution in [3.63, 3.8) is 0 Å². The number of carbonyl (C=O) groups is 1. The van der Waals surface area contributed by atoms with Gasteiger partial charge in [-0.05, 0) is 44.4 Å². The maximum absolute atomic E-state index is 12.2. The number of hydrogen-bond acceptors (Lipinski definition) is 6. The van der Waals surface area contributed by atoms with Crippen molar-refractivity contribution in [2.45, 2.75) is 51.0 Å². The molecule has 0 unspecified atom stereocenters. The first-order valence-corrected chi connectivity index (χ1v) is 11.3. The van der Waals surface area contributed by atoms with Gasteiger partial charge in [0, 0.05) is 49.0 Å². The largest absolute Gasteiger partial charge is 0.351 e. The predicted molar refractivity (Wildman–Crippen MR) is 115 cm³/mol. The van der Waals surface area contributed by atoms with Crippen molar-refractivity contribution < 1.29 is 4.79 Å². The highest BCUT2D eigenvalue weighted by molar-refractivity contribution is 7.13. The minimum atomic E-state index is -0.0961. The van der Waals surface area contributed by atoms with Gasteiger partial charge in [0.15, 0.2) is 0 Å². The van der Waals surface area contributed by atoms with Gasteiger partial charge in [-0.1, -0.05) is 19.3 Å². The van der Waals surface area contributed by atoms with Gasteiger partial charge in [-0.15, -0.1) is 11.3 Å². The van der Waals surface area contributed by atoms with Gasteiger partial charge in [-0.3, -0.25) is 9.78 Å². The van der Waals surface area contributed by atoms with Crippen molar-refractivity contribution in [3.8, 4) is 10.6 Å². The van der Waals surface area contributed by atoms with E-state index >= 15 is 0 Å². The average molecular weight is 402 g/mol. The Morgan fingerprint density at radius 3 is 2.64 bits per heavy atom. The van der Waals surface area contributed by atoms with Crippen LogP contribution in [0.2, 0.25) is 0 Å². The van der Waals surface area contributed by atoms with Crippen LogP contribution in [-0.4, -0.2) is 48.1 Å². The lowest BCUT2D eigenvalue weighted by molar-refractivity contribution is 0.0949. The van der Waals surface area contributed by atoms with Crippen molar-refractivity contribution in [1.82, 2.24) is 25.9 Å². The van der Waals surface area contributed by atoms with Crippen molar-refractivity contribution in [1.29, 1.82) is 0 Å². The Kier molecular flexibility index (Phi) is 8.87. The van der Waals surface area contributed by atoms with E-state index in [9.17, 15) is 4.79 Å². The fraction of sp³-hybridized carbons (Fsp3) is 0.571. The van der Waals surface area contributed by atoms with Crippen LogP contribution in [0.4, 0.5) is 0 Å². The van der Waals surface area contributed by atoms with Gasteiger partial charge in [0.25, 0.3) is 5.91 Å². The molecule has 152 valence electrons. The zero-order chi connectivity index (χ0) is 19.4. The Morgan fingerprint density at radius 2 is 1.82 bits per heavy atom. The summed E-state index contributed by atoms with van der Waals surface area (Å²) in [4.78, 5) is 20.6. The van der Waals surface area contributed by atoms with Gasteiger partial charge in [0.05, 0.1) is 0 Å². The van der Waals surface area contributed by atoms with Gasteiger partial charge >= 0.3 is 0 Å². The van der Waals surface area contributed by atoms with E-state index in [0.717, 1.165) is 49.1 Å². The molecule has 0 spiro atoms. The highest BCUT2D eigenvalue weighted by Crippen LogP contribution is 2.22. The summed E-state index contributed by atoms with van der Waals surface area (Å²) in [6.45, 7) is 3.73. The molecule has 0 atom stereocenters. The Hall–Kier alpha value is -1.83. The number of amides is 1.